The van der Waals surface area contributed by atoms with Gasteiger partial charge >= 0.3 is 5.97 Å². The summed E-state index contributed by atoms with van der Waals surface area (Å²) >= 11 is 6.73. The van der Waals surface area contributed by atoms with Crippen molar-refractivity contribution in [3.8, 4) is 0 Å². The molecule has 3 aliphatic rings. The van der Waals surface area contributed by atoms with Crippen LogP contribution in [0.4, 0.5) is 5.69 Å². The number of anilines is 1. The molecule has 0 aromatic heterocycles. The second-order valence-electron chi connectivity index (χ2n) is 14.4. The number of halogens is 1. The van der Waals surface area contributed by atoms with E-state index in [9.17, 15) is 14.7 Å². The lowest BCUT2D eigenvalue weighted by atomic mass is 9.70. The number of allylic oxidation sites excluding steroid dienone is 1. The first-order valence-corrected chi connectivity index (χ1v) is 18.9. The number of aryl methyl sites for hydroxylation is 1. The molecule has 3 saturated heterocycles. The van der Waals surface area contributed by atoms with Gasteiger partial charge in [0, 0.05) is 13.0 Å². The van der Waals surface area contributed by atoms with Gasteiger partial charge in [0.05, 0.1) is 47.3 Å². The number of fused-ring (bicyclic) bond motifs is 1. The van der Waals surface area contributed by atoms with Crippen molar-refractivity contribution in [1.29, 1.82) is 0 Å². The lowest BCUT2D eigenvalue weighted by molar-refractivity contribution is -0.162. The van der Waals surface area contributed by atoms with Crippen molar-refractivity contribution in [2.24, 2.45) is 11.8 Å². The molecule has 1 spiro atoms. The smallest absolute Gasteiger partial charge is 0.313 e. The van der Waals surface area contributed by atoms with E-state index in [-0.39, 0.29) is 25.3 Å². The Morgan fingerprint density at radius 2 is 1.78 bits per heavy atom. The molecule has 8 atom stereocenters. The fourth-order valence-electron chi connectivity index (χ4n) is 8.64. The van der Waals surface area contributed by atoms with Crippen molar-refractivity contribution < 1.29 is 33.8 Å². The first kappa shape index (κ1) is 38.9. The summed E-state index contributed by atoms with van der Waals surface area (Å²) in [6.07, 6.45) is 3.45. The van der Waals surface area contributed by atoms with Crippen LogP contribution >= 0.6 is 11.6 Å². The van der Waals surface area contributed by atoms with Crippen LogP contribution in [0.2, 0.25) is 5.02 Å². The molecule has 3 aromatic rings. The summed E-state index contributed by atoms with van der Waals surface area (Å²) in [6, 6.07) is 21.3. The first-order chi connectivity index (χ1) is 26.1. The Hall–Kier alpha value is -4.77. The maximum atomic E-state index is 15.2. The number of nitrogens with one attached hydrogen (secondary N) is 1. The lowest BCUT2D eigenvalue weighted by Crippen LogP contribution is -2.59. The Bertz CT molecular complexity index is 1850. The van der Waals surface area contributed by atoms with Gasteiger partial charge in [0.1, 0.15) is 17.7 Å². The molecule has 6 rings (SSSR count). The van der Waals surface area contributed by atoms with Gasteiger partial charge in [-0.05, 0) is 62.3 Å². The molecule has 3 amide bonds. The number of hydrogen-bond donors (Lipinski definition) is 2. The molecule has 0 radical (unpaired) electrons. The van der Waals surface area contributed by atoms with Gasteiger partial charge in [-0.3, -0.25) is 19.2 Å². The third kappa shape index (κ3) is 7.34. The van der Waals surface area contributed by atoms with Crippen LogP contribution in [0.1, 0.15) is 55.4 Å². The minimum absolute atomic E-state index is 0.0925. The van der Waals surface area contributed by atoms with E-state index >= 15 is 9.59 Å². The third-order valence-electron chi connectivity index (χ3n) is 11.0. The van der Waals surface area contributed by atoms with Crippen molar-refractivity contribution in [2.75, 3.05) is 18.1 Å². The van der Waals surface area contributed by atoms with Gasteiger partial charge in [0.2, 0.25) is 11.8 Å². The second-order valence-corrected chi connectivity index (χ2v) is 14.8. The van der Waals surface area contributed by atoms with E-state index in [1.807, 2.05) is 73.7 Å². The minimum Gasteiger partial charge on any atom is -0.455 e. The molecule has 2 N–H and O–H groups in total. The molecule has 0 saturated carbocycles. The van der Waals surface area contributed by atoms with Crippen LogP contribution in [0.5, 0.6) is 0 Å². The predicted molar refractivity (Wildman–Crippen MR) is 207 cm³/mol. The zero-order valence-corrected chi connectivity index (χ0v) is 31.5. The van der Waals surface area contributed by atoms with E-state index in [1.54, 1.807) is 31.2 Å². The van der Waals surface area contributed by atoms with E-state index in [2.05, 4.69) is 18.5 Å². The molecule has 3 aliphatic heterocycles. The van der Waals surface area contributed by atoms with Crippen molar-refractivity contribution in [3.05, 3.63) is 126 Å². The van der Waals surface area contributed by atoms with Gasteiger partial charge in [-0.25, -0.2) is 0 Å². The van der Waals surface area contributed by atoms with Gasteiger partial charge in [0.15, 0.2) is 0 Å². The molecule has 0 unspecified atom stereocenters. The van der Waals surface area contributed by atoms with Crippen LogP contribution in [0.15, 0.2) is 104 Å². The number of aliphatic hydroxyl groups is 1. The average molecular weight is 754 g/mol. The fourth-order valence-corrected chi connectivity index (χ4v) is 8.97. The summed E-state index contributed by atoms with van der Waals surface area (Å²) in [7, 11) is 0. The van der Waals surface area contributed by atoms with Crippen LogP contribution in [-0.2, 0) is 35.1 Å². The van der Waals surface area contributed by atoms with Gasteiger partial charge in [0.25, 0.3) is 5.91 Å². The highest BCUT2D eigenvalue weighted by molar-refractivity contribution is 6.34. The number of rotatable bonds is 16. The molecule has 54 heavy (non-hydrogen) atoms. The summed E-state index contributed by atoms with van der Waals surface area (Å²) in [6.45, 7) is 10.9. The summed E-state index contributed by atoms with van der Waals surface area (Å²) in [5.74, 6) is -3.86. The van der Waals surface area contributed by atoms with E-state index in [1.165, 1.54) is 9.80 Å². The zero-order chi connectivity index (χ0) is 38.6. The van der Waals surface area contributed by atoms with Crippen LogP contribution < -0.4 is 10.2 Å². The largest absolute Gasteiger partial charge is 0.455 e. The average Bonchev–Trinajstić information content (AvgIpc) is 3.82. The van der Waals surface area contributed by atoms with Gasteiger partial charge in [-0.15, -0.1) is 13.2 Å². The SMILES string of the molecule is C=CCCC(=O)N[C@H](C)[C@@H](OC(=O)[C@@H]1[C@H]2C(=O)N([C@@H](CO)Cc3ccccc3)[C@H](C(=O)N(CC=C)c3c(C)cccc3Cl)[C@]23CC[C@H]1O3)c1ccccc1. The summed E-state index contributed by atoms with van der Waals surface area (Å²) in [5.41, 5.74) is 1.39. The topological polar surface area (TPSA) is 125 Å². The molecule has 3 fully saturated rings. The number of amides is 3. The quantitative estimate of drug-likeness (QED) is 0.138. The van der Waals surface area contributed by atoms with E-state index in [0.29, 0.717) is 35.5 Å². The van der Waals surface area contributed by atoms with Gasteiger partial charge in [-0.2, -0.15) is 0 Å². The second kappa shape index (κ2) is 16.7. The predicted octanol–water partition coefficient (Wildman–Crippen LogP) is 5.90. The van der Waals surface area contributed by atoms with Gasteiger partial charge in [-0.1, -0.05) is 96.5 Å². The Labute approximate surface area is 321 Å². The Kier molecular flexibility index (Phi) is 12.1. The van der Waals surface area contributed by atoms with Crippen LogP contribution in [0.3, 0.4) is 0 Å². The summed E-state index contributed by atoms with van der Waals surface area (Å²) in [4.78, 5) is 60.5. The van der Waals surface area contributed by atoms with Crippen LogP contribution in [0, 0.1) is 18.8 Å². The van der Waals surface area contributed by atoms with E-state index in [4.69, 9.17) is 21.1 Å². The number of aliphatic hydroxyl groups excluding tert-OH is 1. The molecule has 3 heterocycles. The molecule has 284 valence electrons. The Balaban J connectivity index is 1.39. The standard InChI is InChI=1S/C43H48ClN3O7/c1-5-7-21-34(49)45-28(4)38(30-18-12-9-13-19-30)53-42(52)35-33-22-23-43(54-33)36(35)40(50)47(31(26-48)25-29-16-10-8-11-17-29)39(43)41(51)46(24-6-2)37-27(3)15-14-20-32(37)44/h5-6,8-20,28,31,33,35-36,38-39,48H,1-2,7,21-26H2,3-4H3,(H,45,49)/t28-,31-,33-,35+,36+,38-,39-,43+/m1/s1. The highest BCUT2D eigenvalue weighted by Crippen LogP contribution is 2.59. The molecule has 0 aliphatic carbocycles. The molecule has 2 bridgehead atoms. The summed E-state index contributed by atoms with van der Waals surface area (Å²) in [5, 5.41) is 14.2. The number of nitrogens with zero attached hydrogens (tertiary/aromatic N) is 2. The number of carbonyl (C=O) groups excluding carboxylic acids is 4. The molecule has 3 aromatic carbocycles. The number of hydrogen-bond acceptors (Lipinski definition) is 7. The zero-order valence-electron chi connectivity index (χ0n) is 30.7. The maximum absolute atomic E-state index is 15.2. The van der Waals surface area contributed by atoms with Crippen LogP contribution in [0.25, 0.3) is 0 Å². The number of para-hydroxylation sites is 1. The lowest BCUT2D eigenvalue weighted by Gasteiger charge is -2.39. The van der Waals surface area contributed by atoms with Crippen LogP contribution in [-0.4, -0.2) is 76.7 Å². The van der Waals surface area contributed by atoms with E-state index in [0.717, 1.165) is 11.1 Å². The normalized spacial score (nSPS) is 24.3. The Morgan fingerprint density at radius 3 is 2.43 bits per heavy atom. The molecule has 10 nitrogen and oxygen atoms in total. The fraction of sp³-hybridized carbons (Fsp3) is 0.395. The van der Waals surface area contributed by atoms with Crippen molar-refractivity contribution >= 4 is 41.0 Å². The molecular formula is C43H48ClN3O7. The third-order valence-corrected chi connectivity index (χ3v) is 11.3. The number of likely N-dealkylation sites (tertiary alicyclic amines) is 1. The van der Waals surface area contributed by atoms with Gasteiger partial charge < -0.3 is 29.7 Å². The monoisotopic (exact) mass is 753 g/mol. The molecular weight excluding hydrogens is 706 g/mol. The number of benzene rings is 3. The highest BCUT2D eigenvalue weighted by atomic mass is 35.5. The first-order valence-electron chi connectivity index (χ1n) is 18.5. The van der Waals surface area contributed by atoms with Crippen molar-refractivity contribution in [3.63, 3.8) is 0 Å². The summed E-state index contributed by atoms with van der Waals surface area (Å²) < 4.78 is 13.0. The van der Waals surface area contributed by atoms with E-state index < -0.39 is 72.2 Å². The number of carbonyl (C=O) groups is 4. The maximum Gasteiger partial charge on any atom is 0.313 e. The van der Waals surface area contributed by atoms with Crippen molar-refractivity contribution in [2.45, 2.75) is 81.9 Å². The van der Waals surface area contributed by atoms with Crippen molar-refractivity contribution in [1.82, 2.24) is 10.2 Å². The molecule has 11 heteroatoms. The Morgan fingerprint density at radius 1 is 1.07 bits per heavy atom. The number of esters is 1. The number of ether oxygens (including phenoxy) is 2. The highest BCUT2D eigenvalue weighted by Gasteiger charge is 2.76. The minimum atomic E-state index is -1.38.